The third kappa shape index (κ3) is 58.1. The fraction of sp³-hybridized carbons (Fsp3) is 0.794. The van der Waals surface area contributed by atoms with Crippen molar-refractivity contribution in [2.45, 2.75) is 309 Å². The van der Waals surface area contributed by atoms with Crippen LogP contribution < -0.4 is 5.32 Å². The molecule has 2 N–H and O–H groups in total. The van der Waals surface area contributed by atoms with E-state index in [4.69, 9.17) is 13.8 Å². The Bertz CT molecular complexity index is 1570. The summed E-state index contributed by atoms with van der Waals surface area (Å²) in [6.45, 7) is 6.98. The van der Waals surface area contributed by atoms with Crippen molar-refractivity contribution in [3.8, 4) is 0 Å². The fourth-order valence-corrected chi connectivity index (χ4v) is 10.0. The van der Waals surface area contributed by atoms with Gasteiger partial charge in [-0.3, -0.25) is 18.6 Å². The van der Waals surface area contributed by atoms with E-state index in [1.54, 1.807) is 0 Å². The van der Waals surface area contributed by atoms with E-state index in [0.29, 0.717) is 23.9 Å². The fourth-order valence-electron chi connectivity index (χ4n) is 9.29. The summed E-state index contributed by atoms with van der Waals surface area (Å²) in [6.07, 6.45) is 74.7. The van der Waals surface area contributed by atoms with Crippen molar-refractivity contribution in [3.05, 3.63) is 72.9 Å². The Morgan fingerprint density at radius 1 is 0.462 bits per heavy atom. The quantitative estimate of drug-likeness (QED) is 0.0156. The number of quaternary nitrogens is 1. The zero-order chi connectivity index (χ0) is 57.2. The highest BCUT2D eigenvalue weighted by Gasteiger charge is 2.30. The van der Waals surface area contributed by atoms with Crippen molar-refractivity contribution in [2.24, 2.45) is 0 Å². The summed E-state index contributed by atoms with van der Waals surface area (Å²) in [5, 5.41) is 3.05. The van der Waals surface area contributed by atoms with Gasteiger partial charge in [-0.05, 0) is 96.0 Å². The van der Waals surface area contributed by atoms with Crippen LogP contribution in [-0.4, -0.2) is 74.3 Å². The first-order valence-corrected chi connectivity index (χ1v) is 34.3. The lowest BCUT2D eigenvalue weighted by Crippen LogP contribution is -2.47. The first kappa shape index (κ1) is 75.5. The predicted molar refractivity (Wildman–Crippen MR) is 337 cm³/mol. The monoisotopic (exact) mass is 1110 g/mol. The molecule has 9 nitrogen and oxygen atoms in total. The number of hydrogen-bond donors (Lipinski definition) is 2. The number of carbonyl (C=O) groups excluding carboxylic acids is 2. The first-order valence-electron chi connectivity index (χ1n) is 32.8. The molecule has 0 aliphatic heterocycles. The number of rotatable bonds is 59. The van der Waals surface area contributed by atoms with Crippen LogP contribution in [0.25, 0.3) is 0 Å². The number of phosphoric acid groups is 1. The predicted octanol–water partition coefficient (Wildman–Crippen LogP) is 20.4. The number of amides is 1. The standard InChI is InChI=1S/C68H125N2O7P/c1-7-10-13-16-19-22-25-28-30-32-33-34-35-36-37-38-40-43-46-49-52-55-58-61-68(72)77-66(59-56-53-50-47-44-41-27-24-21-18-15-12-9-3)65(64-76-78(73,74)75-63-62-70(4,5)6)69-67(71)60-57-54-51-48-45-42-39-31-29-26-23-20-17-14-11-8-2/h19,22,28,30-31,33-34,39,42,45,56,59,65-66H,7-18,20-21,23-27,29,32,35-38,40-41,43-44,46-55,57-58,60-64H2,1-6H3,(H-,69,71,73,74)/p+1/b22-19-,30-28-,34-33-,39-31+,45-42+,59-56-. The minimum Gasteiger partial charge on any atom is -0.456 e. The van der Waals surface area contributed by atoms with Crippen LogP contribution in [0.2, 0.25) is 0 Å². The summed E-state index contributed by atoms with van der Waals surface area (Å²) in [5.41, 5.74) is 0. The maximum absolute atomic E-state index is 13.5. The molecule has 0 aliphatic carbocycles. The van der Waals surface area contributed by atoms with Gasteiger partial charge in [0.05, 0.1) is 33.8 Å². The van der Waals surface area contributed by atoms with Gasteiger partial charge < -0.3 is 19.4 Å². The number of nitrogens with one attached hydrogen (secondary N) is 1. The Morgan fingerprint density at radius 3 is 1.28 bits per heavy atom. The second-order valence-corrected chi connectivity index (χ2v) is 24.8. The smallest absolute Gasteiger partial charge is 0.456 e. The molecule has 0 saturated carbocycles. The van der Waals surface area contributed by atoms with Gasteiger partial charge in [0, 0.05) is 12.8 Å². The first-order chi connectivity index (χ1) is 37.9. The van der Waals surface area contributed by atoms with Crippen LogP contribution >= 0.6 is 7.82 Å². The molecule has 3 unspecified atom stereocenters. The van der Waals surface area contributed by atoms with E-state index in [9.17, 15) is 19.0 Å². The van der Waals surface area contributed by atoms with Gasteiger partial charge in [-0.25, -0.2) is 4.57 Å². The maximum atomic E-state index is 13.5. The Labute approximate surface area is 483 Å². The number of hydrogen-bond acceptors (Lipinski definition) is 6. The van der Waals surface area contributed by atoms with Gasteiger partial charge in [0.15, 0.2) is 0 Å². The summed E-state index contributed by atoms with van der Waals surface area (Å²) in [6, 6.07) is -0.866. The van der Waals surface area contributed by atoms with Gasteiger partial charge >= 0.3 is 13.8 Å². The molecule has 78 heavy (non-hydrogen) atoms. The van der Waals surface area contributed by atoms with Gasteiger partial charge in [-0.15, -0.1) is 0 Å². The number of likely N-dealkylation sites (N-methyl/N-ethyl adjacent to an activating group) is 1. The van der Waals surface area contributed by atoms with Crippen LogP contribution in [-0.2, 0) is 27.9 Å². The molecule has 0 aromatic heterocycles. The number of carbonyl (C=O) groups is 2. The molecule has 0 heterocycles. The van der Waals surface area contributed by atoms with Crippen LogP contribution in [0, 0.1) is 0 Å². The normalized spacial score (nSPS) is 14.1. The summed E-state index contributed by atoms with van der Waals surface area (Å²) in [5.74, 6) is -0.535. The average molecular weight is 1110 g/mol. The summed E-state index contributed by atoms with van der Waals surface area (Å²) >= 11 is 0. The Balaban J connectivity index is 5.24. The number of unbranched alkanes of at least 4 members (excludes halogenated alkanes) is 34. The molecule has 0 aliphatic rings. The zero-order valence-corrected chi connectivity index (χ0v) is 52.8. The topological polar surface area (TPSA) is 111 Å². The summed E-state index contributed by atoms with van der Waals surface area (Å²) < 4.78 is 30.7. The van der Waals surface area contributed by atoms with Crippen molar-refractivity contribution in [1.82, 2.24) is 5.32 Å². The number of ether oxygens (including phenoxy) is 1. The molecule has 1 amide bonds. The number of nitrogens with zero attached hydrogens (tertiary/aromatic N) is 1. The van der Waals surface area contributed by atoms with Crippen LogP contribution in [0.15, 0.2) is 72.9 Å². The molecule has 0 saturated heterocycles. The van der Waals surface area contributed by atoms with Gasteiger partial charge in [-0.1, -0.05) is 261 Å². The number of phosphoric ester groups is 1. The molecule has 0 aromatic rings. The third-order valence-electron chi connectivity index (χ3n) is 14.4. The summed E-state index contributed by atoms with van der Waals surface area (Å²) in [7, 11) is 1.48. The van der Waals surface area contributed by atoms with E-state index in [1.165, 1.54) is 180 Å². The van der Waals surface area contributed by atoms with E-state index >= 15 is 0 Å². The SMILES string of the molecule is CCCCC/C=C\C/C=C\C/C=C\CCCCCCCCCCCCC(=O)OC(/C=C\CCCCCCCCCCCCC)C(COP(=O)(O)OCC[N+](C)(C)C)NC(=O)CCCCC/C=C/C=C/CCCCCCCCC. The van der Waals surface area contributed by atoms with Crippen molar-refractivity contribution >= 4 is 19.7 Å². The van der Waals surface area contributed by atoms with E-state index in [-0.39, 0.29) is 31.5 Å². The second kappa shape index (κ2) is 57.7. The molecular formula is C68H126N2O7P+. The Kier molecular flexibility index (Phi) is 55.8. The molecule has 0 spiro atoms. The van der Waals surface area contributed by atoms with Gasteiger partial charge in [0.2, 0.25) is 5.91 Å². The molecular weight excluding hydrogens is 988 g/mol. The van der Waals surface area contributed by atoms with E-state index in [0.717, 1.165) is 77.0 Å². The third-order valence-corrected chi connectivity index (χ3v) is 15.4. The van der Waals surface area contributed by atoms with Crippen molar-refractivity contribution in [2.75, 3.05) is 40.9 Å². The molecule has 0 bridgehead atoms. The highest BCUT2D eigenvalue weighted by atomic mass is 31.2. The Hall–Kier alpha value is -2.55. The second-order valence-electron chi connectivity index (χ2n) is 23.3. The Morgan fingerprint density at radius 2 is 0.821 bits per heavy atom. The largest absolute Gasteiger partial charge is 0.472 e. The van der Waals surface area contributed by atoms with Crippen LogP contribution in [0.3, 0.4) is 0 Å². The maximum Gasteiger partial charge on any atom is 0.472 e. The van der Waals surface area contributed by atoms with Crippen LogP contribution in [0.1, 0.15) is 297 Å². The molecule has 3 atom stereocenters. The van der Waals surface area contributed by atoms with Crippen LogP contribution in [0.4, 0.5) is 0 Å². The van der Waals surface area contributed by atoms with Crippen molar-refractivity contribution in [3.63, 3.8) is 0 Å². The van der Waals surface area contributed by atoms with E-state index in [1.807, 2.05) is 33.3 Å². The zero-order valence-electron chi connectivity index (χ0n) is 51.9. The molecule has 0 rings (SSSR count). The molecule has 10 heteroatoms. The molecule has 0 radical (unpaired) electrons. The minimum atomic E-state index is -4.46. The number of esters is 1. The lowest BCUT2D eigenvalue weighted by Gasteiger charge is -2.27. The van der Waals surface area contributed by atoms with Gasteiger partial charge in [-0.2, -0.15) is 0 Å². The average Bonchev–Trinajstić information content (AvgIpc) is 3.40. The highest BCUT2D eigenvalue weighted by molar-refractivity contribution is 7.47. The van der Waals surface area contributed by atoms with E-state index in [2.05, 4.69) is 86.8 Å². The highest BCUT2D eigenvalue weighted by Crippen LogP contribution is 2.43. The van der Waals surface area contributed by atoms with Crippen LogP contribution in [0.5, 0.6) is 0 Å². The van der Waals surface area contributed by atoms with Crippen molar-refractivity contribution < 1.29 is 37.3 Å². The van der Waals surface area contributed by atoms with Gasteiger partial charge in [0.25, 0.3) is 0 Å². The molecule has 454 valence electrons. The van der Waals surface area contributed by atoms with E-state index < -0.39 is 20.0 Å². The molecule has 0 aromatic carbocycles. The lowest BCUT2D eigenvalue weighted by molar-refractivity contribution is -0.870. The molecule has 0 fully saturated rings. The summed E-state index contributed by atoms with van der Waals surface area (Å²) in [4.78, 5) is 37.8. The lowest BCUT2D eigenvalue weighted by atomic mass is 10.0. The minimum absolute atomic E-state index is 0.0328. The van der Waals surface area contributed by atoms with Gasteiger partial charge in [0.1, 0.15) is 19.3 Å². The number of allylic oxidation sites excluding steroid dienone is 11. The van der Waals surface area contributed by atoms with Crippen molar-refractivity contribution in [1.29, 1.82) is 0 Å².